The molecule has 7 nitrogen and oxygen atoms in total. The second-order valence-electron chi connectivity index (χ2n) is 3.78. The van der Waals surface area contributed by atoms with Gasteiger partial charge in [-0.25, -0.2) is 4.98 Å². The number of amides is 1. The lowest BCUT2D eigenvalue weighted by atomic mass is 10.2. The van der Waals surface area contributed by atoms with Crippen LogP contribution in [-0.4, -0.2) is 40.3 Å². The van der Waals surface area contributed by atoms with Gasteiger partial charge in [0.2, 0.25) is 5.91 Å². The number of hydrogen-bond acceptors (Lipinski definition) is 5. The van der Waals surface area contributed by atoms with Gasteiger partial charge in [-0.3, -0.25) is 4.79 Å². The summed E-state index contributed by atoms with van der Waals surface area (Å²) in [6.07, 6.45) is 3.16. The molecule has 7 heteroatoms. The number of carbonyl (C=O) groups is 1. The number of carbonyl (C=O) groups excluding carboxylic acids is 1. The van der Waals surface area contributed by atoms with Crippen LogP contribution in [0.25, 0.3) is 5.65 Å². The predicted molar refractivity (Wildman–Crippen MR) is 66.1 cm³/mol. The minimum Gasteiger partial charge on any atom is -0.380 e. The fourth-order valence-electron chi connectivity index (χ4n) is 1.59. The molecule has 2 rings (SSSR count). The van der Waals surface area contributed by atoms with Crippen molar-refractivity contribution in [1.82, 2.24) is 14.6 Å². The Hall–Kier alpha value is -1.99. The van der Waals surface area contributed by atoms with Crippen LogP contribution < -0.4 is 11.1 Å². The number of rotatable bonds is 5. The van der Waals surface area contributed by atoms with Gasteiger partial charge in [0.05, 0.1) is 18.7 Å². The Balaban J connectivity index is 2.09. The molecule has 0 saturated carbocycles. The maximum atomic E-state index is 11.8. The first-order valence-corrected chi connectivity index (χ1v) is 5.56. The Morgan fingerprint density at radius 1 is 1.56 bits per heavy atom. The highest BCUT2D eigenvalue weighted by Gasteiger charge is 2.12. The van der Waals surface area contributed by atoms with Crippen molar-refractivity contribution in [2.75, 3.05) is 19.0 Å². The van der Waals surface area contributed by atoms with E-state index in [4.69, 9.17) is 10.5 Å². The van der Waals surface area contributed by atoms with Crippen molar-refractivity contribution in [2.24, 2.45) is 5.73 Å². The summed E-state index contributed by atoms with van der Waals surface area (Å²) in [6, 6.07) is 3.44. The average molecular weight is 249 g/mol. The summed E-state index contributed by atoms with van der Waals surface area (Å²) in [4.78, 5) is 15.9. The monoisotopic (exact) mass is 249 g/mol. The van der Waals surface area contributed by atoms with Gasteiger partial charge in [-0.05, 0) is 6.07 Å². The molecule has 1 unspecified atom stereocenters. The molecule has 1 amide bonds. The lowest BCUT2D eigenvalue weighted by molar-refractivity contribution is -0.118. The van der Waals surface area contributed by atoms with Gasteiger partial charge in [0, 0.05) is 25.9 Å². The van der Waals surface area contributed by atoms with Gasteiger partial charge >= 0.3 is 0 Å². The first kappa shape index (κ1) is 12.5. The normalized spacial score (nSPS) is 12.6. The minimum atomic E-state index is -0.278. The number of nitrogens with one attached hydrogen (secondary N) is 1. The third kappa shape index (κ3) is 2.63. The molecule has 18 heavy (non-hydrogen) atoms. The Kier molecular flexibility index (Phi) is 3.85. The number of fused-ring (bicyclic) bond motifs is 1. The highest BCUT2D eigenvalue weighted by atomic mass is 16.5. The Morgan fingerprint density at radius 3 is 3.11 bits per heavy atom. The Labute approximate surface area is 104 Å². The predicted octanol–water partition coefficient (Wildman–Crippen LogP) is 0.0316. The summed E-state index contributed by atoms with van der Waals surface area (Å²) < 4.78 is 6.62. The highest BCUT2D eigenvalue weighted by Crippen LogP contribution is 2.09. The first-order valence-electron chi connectivity index (χ1n) is 5.56. The zero-order valence-corrected chi connectivity index (χ0v) is 10.0. The van der Waals surface area contributed by atoms with Crippen molar-refractivity contribution in [1.29, 1.82) is 0 Å². The fourth-order valence-corrected chi connectivity index (χ4v) is 1.59. The van der Waals surface area contributed by atoms with Crippen LogP contribution in [0.5, 0.6) is 0 Å². The number of ether oxygens (including phenoxy) is 1. The first-order chi connectivity index (χ1) is 8.74. The van der Waals surface area contributed by atoms with Crippen LogP contribution in [0, 0.1) is 0 Å². The molecular formula is C11H15N5O2. The smallest absolute Gasteiger partial charge is 0.228 e. The summed E-state index contributed by atoms with van der Waals surface area (Å²) in [5.74, 6) is 0.400. The molecule has 0 aliphatic heterocycles. The molecule has 0 bridgehead atoms. The van der Waals surface area contributed by atoms with Gasteiger partial charge in [0.15, 0.2) is 5.65 Å². The summed E-state index contributed by atoms with van der Waals surface area (Å²) in [5, 5.41) is 6.83. The van der Waals surface area contributed by atoms with E-state index < -0.39 is 0 Å². The summed E-state index contributed by atoms with van der Waals surface area (Å²) in [5.41, 5.74) is 6.14. The van der Waals surface area contributed by atoms with E-state index in [-0.39, 0.29) is 18.4 Å². The number of hydrogen-bond donors (Lipinski definition) is 2. The van der Waals surface area contributed by atoms with Gasteiger partial charge in [-0.1, -0.05) is 0 Å². The molecule has 0 radical (unpaired) electrons. The third-order valence-electron chi connectivity index (χ3n) is 2.57. The van der Waals surface area contributed by atoms with Crippen LogP contribution in [0.15, 0.2) is 24.5 Å². The van der Waals surface area contributed by atoms with E-state index in [1.54, 1.807) is 29.0 Å². The molecule has 0 spiro atoms. The zero-order valence-electron chi connectivity index (χ0n) is 10.0. The number of nitrogens with zero attached hydrogens (tertiary/aromatic N) is 3. The molecule has 96 valence electrons. The van der Waals surface area contributed by atoms with E-state index in [9.17, 15) is 4.79 Å². The SMILES string of the molecule is COC(CN)CC(=O)Nc1ccnc2ccnn12. The number of anilines is 1. The van der Waals surface area contributed by atoms with E-state index in [0.717, 1.165) is 0 Å². The van der Waals surface area contributed by atoms with Crippen molar-refractivity contribution in [3.8, 4) is 0 Å². The van der Waals surface area contributed by atoms with Crippen LogP contribution >= 0.6 is 0 Å². The van der Waals surface area contributed by atoms with Crippen LogP contribution in [0.3, 0.4) is 0 Å². The second kappa shape index (κ2) is 5.56. The summed E-state index contributed by atoms with van der Waals surface area (Å²) >= 11 is 0. The van der Waals surface area contributed by atoms with Crippen LogP contribution in [0.1, 0.15) is 6.42 Å². The molecule has 2 heterocycles. The summed E-state index contributed by atoms with van der Waals surface area (Å²) in [7, 11) is 1.53. The summed E-state index contributed by atoms with van der Waals surface area (Å²) in [6.45, 7) is 0.303. The third-order valence-corrected chi connectivity index (χ3v) is 2.57. The molecule has 1 atom stereocenters. The van der Waals surface area contributed by atoms with E-state index in [1.807, 2.05) is 0 Å². The Morgan fingerprint density at radius 2 is 2.39 bits per heavy atom. The van der Waals surface area contributed by atoms with E-state index in [1.165, 1.54) is 7.11 Å². The lowest BCUT2D eigenvalue weighted by Gasteiger charge is -2.12. The topological polar surface area (TPSA) is 94.5 Å². The van der Waals surface area contributed by atoms with Crippen molar-refractivity contribution in [2.45, 2.75) is 12.5 Å². The number of methoxy groups -OCH3 is 1. The molecule has 2 aromatic rings. The van der Waals surface area contributed by atoms with Crippen LogP contribution in [-0.2, 0) is 9.53 Å². The second-order valence-corrected chi connectivity index (χ2v) is 3.78. The minimum absolute atomic E-state index is 0.171. The highest BCUT2D eigenvalue weighted by molar-refractivity contribution is 5.90. The molecule has 0 fully saturated rings. The van der Waals surface area contributed by atoms with Crippen molar-refractivity contribution in [3.63, 3.8) is 0 Å². The van der Waals surface area contributed by atoms with E-state index >= 15 is 0 Å². The van der Waals surface area contributed by atoms with Crippen molar-refractivity contribution < 1.29 is 9.53 Å². The van der Waals surface area contributed by atoms with Crippen LogP contribution in [0.4, 0.5) is 5.82 Å². The number of nitrogens with two attached hydrogens (primary N) is 1. The molecule has 0 saturated heterocycles. The maximum Gasteiger partial charge on any atom is 0.228 e. The van der Waals surface area contributed by atoms with Gasteiger partial charge < -0.3 is 15.8 Å². The standard InChI is InChI=1S/C11H15N5O2/c1-18-8(7-12)6-11(17)15-10-2-4-13-9-3-5-14-16(9)10/h2-5,8H,6-7,12H2,1H3,(H,15,17). The van der Waals surface area contributed by atoms with Gasteiger partial charge in [-0.15, -0.1) is 0 Å². The molecule has 3 N–H and O–H groups in total. The quantitative estimate of drug-likeness (QED) is 0.779. The molecular weight excluding hydrogens is 234 g/mol. The lowest BCUT2D eigenvalue weighted by Crippen LogP contribution is -2.28. The Bertz CT molecular complexity index is 535. The van der Waals surface area contributed by atoms with Gasteiger partial charge in [-0.2, -0.15) is 9.61 Å². The largest absolute Gasteiger partial charge is 0.380 e. The van der Waals surface area contributed by atoms with Gasteiger partial charge in [0.25, 0.3) is 0 Å². The van der Waals surface area contributed by atoms with E-state index in [0.29, 0.717) is 18.0 Å². The van der Waals surface area contributed by atoms with E-state index in [2.05, 4.69) is 15.4 Å². The molecule has 0 aliphatic carbocycles. The fraction of sp³-hybridized carbons (Fsp3) is 0.364. The molecule has 0 aromatic carbocycles. The van der Waals surface area contributed by atoms with Crippen molar-refractivity contribution >= 4 is 17.4 Å². The van der Waals surface area contributed by atoms with Crippen molar-refractivity contribution in [3.05, 3.63) is 24.5 Å². The van der Waals surface area contributed by atoms with Gasteiger partial charge in [0.1, 0.15) is 5.82 Å². The van der Waals surface area contributed by atoms with Crippen LogP contribution in [0.2, 0.25) is 0 Å². The number of aromatic nitrogens is 3. The molecule has 2 aromatic heterocycles. The zero-order chi connectivity index (χ0) is 13.0. The molecule has 0 aliphatic rings. The average Bonchev–Trinajstić information content (AvgIpc) is 2.85. The maximum absolute atomic E-state index is 11.8.